The van der Waals surface area contributed by atoms with Crippen molar-refractivity contribution in [2.24, 2.45) is 0 Å². The molecule has 0 aliphatic carbocycles. The summed E-state index contributed by atoms with van der Waals surface area (Å²) in [6, 6.07) is 16.1. The quantitative estimate of drug-likeness (QED) is 0.828. The van der Waals surface area contributed by atoms with E-state index in [9.17, 15) is 4.79 Å². The SMILES string of the molecule is COc1ccc([C@H](NCN2CCC(=O)CC2)c2ccccc2OC)cc1. The summed E-state index contributed by atoms with van der Waals surface area (Å²) in [6.45, 7) is 2.35. The van der Waals surface area contributed by atoms with Crippen molar-refractivity contribution in [2.45, 2.75) is 18.9 Å². The second-order valence-corrected chi connectivity index (χ2v) is 6.47. The molecule has 1 aliphatic heterocycles. The van der Waals surface area contributed by atoms with E-state index in [1.165, 1.54) is 0 Å². The molecule has 26 heavy (non-hydrogen) atoms. The number of carbonyl (C=O) groups is 1. The Labute approximate surface area is 154 Å². The summed E-state index contributed by atoms with van der Waals surface area (Å²) in [7, 11) is 3.36. The number of hydrogen-bond donors (Lipinski definition) is 1. The number of nitrogens with one attached hydrogen (secondary N) is 1. The van der Waals surface area contributed by atoms with Crippen LogP contribution in [0.25, 0.3) is 0 Å². The number of Topliss-reactive ketones (excluding diaryl/α,β-unsaturated/α-hetero) is 1. The van der Waals surface area contributed by atoms with Crippen molar-refractivity contribution >= 4 is 5.78 Å². The molecule has 2 aromatic carbocycles. The predicted molar refractivity (Wildman–Crippen MR) is 102 cm³/mol. The fraction of sp³-hybridized carbons (Fsp3) is 0.381. The summed E-state index contributed by atoms with van der Waals surface area (Å²) >= 11 is 0. The molecule has 1 aliphatic rings. The topological polar surface area (TPSA) is 50.8 Å². The van der Waals surface area contributed by atoms with Crippen LogP contribution in [0.2, 0.25) is 0 Å². The Balaban J connectivity index is 1.82. The van der Waals surface area contributed by atoms with Crippen molar-refractivity contribution in [3.8, 4) is 11.5 Å². The molecule has 0 radical (unpaired) electrons. The summed E-state index contributed by atoms with van der Waals surface area (Å²) in [4.78, 5) is 13.7. The molecule has 1 fully saturated rings. The van der Waals surface area contributed by atoms with Crippen LogP contribution in [-0.2, 0) is 4.79 Å². The van der Waals surface area contributed by atoms with Gasteiger partial charge in [-0.15, -0.1) is 0 Å². The molecule has 1 N–H and O–H groups in total. The van der Waals surface area contributed by atoms with Crippen molar-refractivity contribution in [1.82, 2.24) is 10.2 Å². The summed E-state index contributed by atoms with van der Waals surface area (Å²) in [5, 5.41) is 3.64. The molecule has 0 amide bonds. The summed E-state index contributed by atoms with van der Waals surface area (Å²) in [5.41, 5.74) is 2.23. The molecule has 1 saturated heterocycles. The zero-order chi connectivity index (χ0) is 18.4. The Bertz CT molecular complexity index is 720. The third-order valence-corrected chi connectivity index (χ3v) is 4.83. The highest BCUT2D eigenvalue weighted by molar-refractivity contribution is 5.79. The largest absolute Gasteiger partial charge is 0.497 e. The number of methoxy groups -OCH3 is 2. The van der Waals surface area contributed by atoms with Gasteiger partial charge >= 0.3 is 0 Å². The fourth-order valence-electron chi connectivity index (χ4n) is 3.29. The standard InChI is InChI=1S/C21H26N2O3/c1-25-18-9-7-16(8-10-18)21(19-5-3-4-6-20(19)26-2)22-15-23-13-11-17(24)12-14-23/h3-10,21-22H,11-15H2,1-2H3/t21-/m0/s1. The van der Waals surface area contributed by atoms with Gasteiger partial charge in [0.05, 0.1) is 20.3 Å². The van der Waals surface area contributed by atoms with Gasteiger partial charge in [-0.1, -0.05) is 30.3 Å². The molecule has 0 spiro atoms. The molecule has 0 unspecified atom stereocenters. The smallest absolute Gasteiger partial charge is 0.135 e. The van der Waals surface area contributed by atoms with Crippen molar-refractivity contribution in [3.05, 3.63) is 59.7 Å². The van der Waals surface area contributed by atoms with Gasteiger partial charge in [0, 0.05) is 38.2 Å². The molecule has 0 bridgehead atoms. The molecular weight excluding hydrogens is 328 g/mol. The van der Waals surface area contributed by atoms with E-state index in [1.54, 1.807) is 14.2 Å². The minimum absolute atomic E-state index is 0.00492. The van der Waals surface area contributed by atoms with E-state index in [0.29, 0.717) is 18.6 Å². The lowest BCUT2D eigenvalue weighted by atomic mass is 9.97. The van der Waals surface area contributed by atoms with Crippen LogP contribution in [0.4, 0.5) is 0 Å². The Morgan fingerprint density at radius 3 is 2.35 bits per heavy atom. The molecule has 5 heteroatoms. The van der Waals surface area contributed by atoms with E-state index in [4.69, 9.17) is 9.47 Å². The number of ketones is 1. The maximum absolute atomic E-state index is 11.5. The van der Waals surface area contributed by atoms with E-state index in [2.05, 4.69) is 28.4 Å². The first kappa shape index (κ1) is 18.4. The van der Waals surface area contributed by atoms with E-state index in [1.807, 2.05) is 30.3 Å². The maximum Gasteiger partial charge on any atom is 0.135 e. The monoisotopic (exact) mass is 354 g/mol. The zero-order valence-electron chi connectivity index (χ0n) is 15.4. The first-order valence-corrected chi connectivity index (χ1v) is 8.95. The second-order valence-electron chi connectivity index (χ2n) is 6.47. The second kappa shape index (κ2) is 8.83. The lowest BCUT2D eigenvalue weighted by Crippen LogP contribution is -2.41. The van der Waals surface area contributed by atoms with Crippen LogP contribution in [0.15, 0.2) is 48.5 Å². The molecule has 1 atom stereocenters. The van der Waals surface area contributed by atoms with Gasteiger partial charge in [-0.3, -0.25) is 15.0 Å². The van der Waals surface area contributed by atoms with Crippen LogP contribution < -0.4 is 14.8 Å². The number of rotatable bonds is 7. The van der Waals surface area contributed by atoms with E-state index in [0.717, 1.165) is 42.4 Å². The molecule has 1 heterocycles. The Morgan fingerprint density at radius 2 is 1.69 bits per heavy atom. The number of likely N-dealkylation sites (tertiary alicyclic amines) is 1. The summed E-state index contributed by atoms with van der Waals surface area (Å²) in [6.07, 6.45) is 1.28. The van der Waals surface area contributed by atoms with Crippen molar-refractivity contribution in [3.63, 3.8) is 0 Å². The minimum atomic E-state index is -0.00492. The van der Waals surface area contributed by atoms with Crippen LogP contribution in [0.5, 0.6) is 11.5 Å². The third kappa shape index (κ3) is 4.42. The highest BCUT2D eigenvalue weighted by atomic mass is 16.5. The van der Waals surface area contributed by atoms with Gasteiger partial charge in [0.1, 0.15) is 17.3 Å². The summed E-state index contributed by atoms with van der Waals surface area (Å²) < 4.78 is 10.9. The van der Waals surface area contributed by atoms with Crippen LogP contribution in [0, 0.1) is 0 Å². The van der Waals surface area contributed by atoms with Gasteiger partial charge in [0.2, 0.25) is 0 Å². The number of hydrogen-bond acceptors (Lipinski definition) is 5. The highest BCUT2D eigenvalue weighted by Gasteiger charge is 2.21. The van der Waals surface area contributed by atoms with Gasteiger partial charge in [-0.2, -0.15) is 0 Å². The zero-order valence-corrected chi connectivity index (χ0v) is 15.4. The number of carbonyl (C=O) groups excluding carboxylic acids is 1. The van der Waals surface area contributed by atoms with Crippen molar-refractivity contribution in [2.75, 3.05) is 34.0 Å². The van der Waals surface area contributed by atoms with E-state index >= 15 is 0 Å². The average Bonchev–Trinajstić information content (AvgIpc) is 2.70. The van der Waals surface area contributed by atoms with Crippen LogP contribution in [0.3, 0.4) is 0 Å². The number of benzene rings is 2. The lowest BCUT2D eigenvalue weighted by Gasteiger charge is -2.29. The molecule has 0 saturated carbocycles. The predicted octanol–water partition coefficient (Wildman–Crippen LogP) is 3.01. The highest BCUT2D eigenvalue weighted by Crippen LogP contribution is 2.30. The van der Waals surface area contributed by atoms with Crippen molar-refractivity contribution < 1.29 is 14.3 Å². The first-order valence-electron chi connectivity index (χ1n) is 8.95. The van der Waals surface area contributed by atoms with Gasteiger partial charge in [0.25, 0.3) is 0 Å². The van der Waals surface area contributed by atoms with Gasteiger partial charge in [-0.05, 0) is 23.8 Å². The first-order chi connectivity index (χ1) is 12.7. The number of nitrogens with zero attached hydrogens (tertiary/aromatic N) is 1. The molecule has 3 rings (SSSR count). The van der Waals surface area contributed by atoms with Crippen molar-refractivity contribution in [1.29, 1.82) is 0 Å². The molecular formula is C21H26N2O3. The minimum Gasteiger partial charge on any atom is -0.497 e. The Kier molecular flexibility index (Phi) is 6.26. The average molecular weight is 354 g/mol. The normalized spacial score (nSPS) is 16.3. The number of piperidine rings is 1. The van der Waals surface area contributed by atoms with Crippen LogP contribution >= 0.6 is 0 Å². The molecule has 5 nitrogen and oxygen atoms in total. The Hall–Kier alpha value is -2.37. The van der Waals surface area contributed by atoms with Gasteiger partial charge in [0.15, 0.2) is 0 Å². The number of ether oxygens (including phenoxy) is 2. The molecule has 0 aromatic heterocycles. The van der Waals surface area contributed by atoms with E-state index in [-0.39, 0.29) is 6.04 Å². The lowest BCUT2D eigenvalue weighted by molar-refractivity contribution is -0.121. The maximum atomic E-state index is 11.5. The third-order valence-electron chi connectivity index (χ3n) is 4.83. The van der Waals surface area contributed by atoms with Crippen LogP contribution in [-0.4, -0.2) is 44.7 Å². The van der Waals surface area contributed by atoms with Gasteiger partial charge in [-0.25, -0.2) is 0 Å². The fourth-order valence-corrected chi connectivity index (χ4v) is 3.29. The molecule has 2 aromatic rings. The van der Waals surface area contributed by atoms with Crippen LogP contribution in [0.1, 0.15) is 30.0 Å². The number of para-hydroxylation sites is 1. The molecule has 138 valence electrons. The Morgan fingerprint density at radius 1 is 1.00 bits per heavy atom. The summed E-state index contributed by atoms with van der Waals surface area (Å²) in [5.74, 6) is 2.05. The van der Waals surface area contributed by atoms with Gasteiger partial charge < -0.3 is 9.47 Å². The van der Waals surface area contributed by atoms with E-state index < -0.39 is 0 Å².